The molecule has 0 saturated carbocycles. The summed E-state index contributed by atoms with van der Waals surface area (Å²) < 4.78 is 0. The predicted octanol–water partition coefficient (Wildman–Crippen LogP) is 2.61. The third-order valence-electron chi connectivity index (χ3n) is 2.27. The highest BCUT2D eigenvalue weighted by Gasteiger charge is 2.12. The fourth-order valence-electron chi connectivity index (χ4n) is 1.52. The van der Waals surface area contributed by atoms with E-state index >= 15 is 0 Å². The summed E-state index contributed by atoms with van der Waals surface area (Å²) in [6.07, 6.45) is 4.31. The lowest BCUT2D eigenvalue weighted by Crippen LogP contribution is -2.28. The van der Waals surface area contributed by atoms with Crippen LogP contribution >= 0.6 is 23.5 Å². The SMILES string of the molecule is CCSCCNCC1CCCCS1. The van der Waals surface area contributed by atoms with Gasteiger partial charge in [0.2, 0.25) is 0 Å². The van der Waals surface area contributed by atoms with Gasteiger partial charge in [-0.3, -0.25) is 0 Å². The van der Waals surface area contributed by atoms with Crippen molar-refractivity contribution in [2.75, 3.05) is 30.3 Å². The van der Waals surface area contributed by atoms with E-state index in [9.17, 15) is 0 Å². The summed E-state index contributed by atoms with van der Waals surface area (Å²) in [5.41, 5.74) is 0. The molecule has 13 heavy (non-hydrogen) atoms. The van der Waals surface area contributed by atoms with Gasteiger partial charge >= 0.3 is 0 Å². The standard InChI is InChI=1S/C10H21NS2/c1-2-12-8-6-11-9-10-5-3-4-7-13-10/h10-11H,2-9H2,1H3. The Labute approximate surface area is 90.8 Å². The number of hydrogen-bond donors (Lipinski definition) is 1. The molecule has 0 amide bonds. The first-order chi connectivity index (χ1) is 6.43. The zero-order chi connectivity index (χ0) is 9.36. The Bertz CT molecular complexity index is 113. The van der Waals surface area contributed by atoms with Gasteiger partial charge in [-0.15, -0.1) is 0 Å². The first-order valence-electron chi connectivity index (χ1n) is 5.33. The van der Waals surface area contributed by atoms with E-state index in [0.29, 0.717) is 0 Å². The van der Waals surface area contributed by atoms with Crippen molar-refractivity contribution in [3.05, 3.63) is 0 Å². The minimum absolute atomic E-state index is 0.903. The maximum Gasteiger partial charge on any atom is 0.0172 e. The van der Waals surface area contributed by atoms with Crippen LogP contribution < -0.4 is 5.32 Å². The van der Waals surface area contributed by atoms with E-state index in [1.807, 2.05) is 11.8 Å². The minimum atomic E-state index is 0.903. The molecule has 78 valence electrons. The van der Waals surface area contributed by atoms with Crippen LogP contribution in [0.25, 0.3) is 0 Å². The van der Waals surface area contributed by atoms with E-state index in [-0.39, 0.29) is 0 Å². The average Bonchev–Trinajstić information content (AvgIpc) is 2.19. The summed E-state index contributed by atoms with van der Waals surface area (Å²) in [5, 5.41) is 4.45. The molecular formula is C10H21NS2. The maximum absolute atomic E-state index is 3.55. The summed E-state index contributed by atoms with van der Waals surface area (Å²) in [5.74, 6) is 3.91. The second kappa shape index (κ2) is 8.01. The molecule has 1 aliphatic rings. The molecule has 0 radical (unpaired) electrons. The van der Waals surface area contributed by atoms with Gasteiger partial charge in [0.05, 0.1) is 0 Å². The molecule has 1 atom stereocenters. The highest BCUT2D eigenvalue weighted by Crippen LogP contribution is 2.24. The van der Waals surface area contributed by atoms with Gasteiger partial charge in [-0.25, -0.2) is 0 Å². The predicted molar refractivity (Wildman–Crippen MR) is 66.0 cm³/mol. The molecule has 1 nitrogen and oxygen atoms in total. The van der Waals surface area contributed by atoms with Gasteiger partial charge in [-0.1, -0.05) is 13.3 Å². The first-order valence-corrected chi connectivity index (χ1v) is 7.54. The smallest absolute Gasteiger partial charge is 0.0172 e. The fourth-order valence-corrected chi connectivity index (χ4v) is 3.37. The van der Waals surface area contributed by atoms with Crippen LogP contribution in [-0.2, 0) is 0 Å². The summed E-state index contributed by atoms with van der Waals surface area (Å²) in [7, 11) is 0. The second-order valence-corrected chi connectivity index (χ2v) is 6.19. The lowest BCUT2D eigenvalue weighted by molar-refractivity contribution is 0.611. The highest BCUT2D eigenvalue weighted by atomic mass is 32.2. The minimum Gasteiger partial charge on any atom is -0.315 e. The zero-order valence-electron chi connectivity index (χ0n) is 8.55. The largest absolute Gasteiger partial charge is 0.315 e. The Morgan fingerprint density at radius 2 is 2.38 bits per heavy atom. The summed E-state index contributed by atoms with van der Waals surface area (Å²) >= 11 is 4.18. The second-order valence-electron chi connectivity index (χ2n) is 3.39. The van der Waals surface area contributed by atoms with Crippen molar-refractivity contribution < 1.29 is 0 Å². The van der Waals surface area contributed by atoms with E-state index in [2.05, 4.69) is 24.0 Å². The molecule has 1 rings (SSSR count). The van der Waals surface area contributed by atoms with Crippen molar-refractivity contribution in [3.8, 4) is 0 Å². The molecule has 1 N–H and O–H groups in total. The van der Waals surface area contributed by atoms with Crippen molar-refractivity contribution >= 4 is 23.5 Å². The molecule has 3 heteroatoms. The van der Waals surface area contributed by atoms with Gasteiger partial charge in [-0.05, 0) is 24.3 Å². The third kappa shape index (κ3) is 5.87. The molecule has 1 fully saturated rings. The van der Waals surface area contributed by atoms with Crippen LogP contribution in [0.1, 0.15) is 26.2 Å². The summed E-state index contributed by atoms with van der Waals surface area (Å²) in [6, 6.07) is 0. The Morgan fingerprint density at radius 3 is 3.08 bits per heavy atom. The number of rotatable bonds is 6. The van der Waals surface area contributed by atoms with Crippen molar-refractivity contribution in [1.29, 1.82) is 0 Å². The van der Waals surface area contributed by atoms with Gasteiger partial charge in [0.25, 0.3) is 0 Å². The van der Waals surface area contributed by atoms with Crippen LogP contribution in [0.15, 0.2) is 0 Å². The van der Waals surface area contributed by atoms with Crippen LogP contribution in [0.4, 0.5) is 0 Å². The maximum atomic E-state index is 3.55. The van der Waals surface area contributed by atoms with Gasteiger partial charge in [-0.2, -0.15) is 23.5 Å². The lowest BCUT2D eigenvalue weighted by atomic mass is 10.2. The van der Waals surface area contributed by atoms with Crippen LogP contribution in [0.5, 0.6) is 0 Å². The summed E-state index contributed by atoms with van der Waals surface area (Å²) in [4.78, 5) is 0. The molecule has 1 aliphatic heterocycles. The van der Waals surface area contributed by atoms with Crippen molar-refractivity contribution in [2.45, 2.75) is 31.4 Å². The Morgan fingerprint density at radius 1 is 1.46 bits per heavy atom. The topological polar surface area (TPSA) is 12.0 Å². The van der Waals surface area contributed by atoms with Crippen LogP contribution in [0.3, 0.4) is 0 Å². The normalized spacial score (nSPS) is 23.3. The molecule has 0 aromatic carbocycles. The quantitative estimate of drug-likeness (QED) is 0.690. The van der Waals surface area contributed by atoms with Crippen LogP contribution in [0.2, 0.25) is 0 Å². The van der Waals surface area contributed by atoms with Crippen molar-refractivity contribution in [3.63, 3.8) is 0 Å². The van der Waals surface area contributed by atoms with E-state index in [1.165, 1.54) is 49.6 Å². The highest BCUT2D eigenvalue weighted by molar-refractivity contribution is 8.00. The van der Waals surface area contributed by atoms with Gasteiger partial charge in [0, 0.05) is 24.1 Å². The van der Waals surface area contributed by atoms with E-state index in [0.717, 1.165) is 5.25 Å². The molecule has 0 aliphatic carbocycles. The molecule has 1 heterocycles. The van der Waals surface area contributed by atoms with E-state index in [1.54, 1.807) is 0 Å². The molecular weight excluding hydrogens is 198 g/mol. The molecule has 1 saturated heterocycles. The van der Waals surface area contributed by atoms with Crippen molar-refractivity contribution in [2.24, 2.45) is 0 Å². The van der Waals surface area contributed by atoms with Gasteiger partial charge < -0.3 is 5.32 Å². The van der Waals surface area contributed by atoms with E-state index < -0.39 is 0 Å². The van der Waals surface area contributed by atoms with Crippen molar-refractivity contribution in [1.82, 2.24) is 5.32 Å². The van der Waals surface area contributed by atoms with E-state index in [4.69, 9.17) is 0 Å². The molecule has 0 aromatic rings. The molecule has 1 unspecified atom stereocenters. The van der Waals surface area contributed by atoms with Gasteiger partial charge in [0.15, 0.2) is 0 Å². The molecule has 0 spiro atoms. The fraction of sp³-hybridized carbons (Fsp3) is 1.00. The zero-order valence-corrected chi connectivity index (χ0v) is 10.2. The summed E-state index contributed by atoms with van der Waals surface area (Å²) in [6.45, 7) is 4.65. The first kappa shape index (κ1) is 11.7. The Hall–Kier alpha value is 0.660. The number of hydrogen-bond acceptors (Lipinski definition) is 3. The molecule has 0 aromatic heterocycles. The third-order valence-corrected chi connectivity index (χ3v) is 4.57. The van der Waals surface area contributed by atoms with Crippen LogP contribution in [0, 0.1) is 0 Å². The van der Waals surface area contributed by atoms with Crippen LogP contribution in [-0.4, -0.2) is 35.6 Å². The van der Waals surface area contributed by atoms with Gasteiger partial charge in [0.1, 0.15) is 0 Å². The average molecular weight is 219 g/mol. The number of nitrogens with one attached hydrogen (secondary N) is 1. The lowest BCUT2D eigenvalue weighted by Gasteiger charge is -2.21. The molecule has 0 bridgehead atoms. The number of thioether (sulfide) groups is 2. The monoisotopic (exact) mass is 219 g/mol. The Balaban J connectivity index is 1.86. The Kier molecular flexibility index (Phi) is 7.23.